The van der Waals surface area contributed by atoms with Gasteiger partial charge >= 0.3 is 11.7 Å². The van der Waals surface area contributed by atoms with E-state index in [9.17, 15) is 5.11 Å². The Kier molecular flexibility index (Phi) is 13.3. The van der Waals surface area contributed by atoms with E-state index in [1.165, 1.54) is 18.5 Å². The van der Waals surface area contributed by atoms with Crippen molar-refractivity contribution in [2.45, 2.75) is 69.2 Å². The number of aromatic nitrogens is 4. The second-order valence-corrected chi connectivity index (χ2v) is 17.5. The number of ether oxygens (including phenoxy) is 2. The third kappa shape index (κ3) is 9.51. The van der Waals surface area contributed by atoms with Gasteiger partial charge in [-0.25, -0.2) is 4.98 Å². The lowest BCUT2D eigenvalue weighted by molar-refractivity contribution is -0.579. The van der Waals surface area contributed by atoms with Crippen molar-refractivity contribution in [2.75, 3.05) is 31.2 Å². The van der Waals surface area contributed by atoms with Crippen molar-refractivity contribution in [2.24, 2.45) is 0 Å². The largest absolute Gasteiger partial charge is 0.482 e. The summed E-state index contributed by atoms with van der Waals surface area (Å²) in [5.41, 5.74) is 18.1. The Labute approximate surface area is 383 Å². The number of alkyl halides is 2. The van der Waals surface area contributed by atoms with Gasteiger partial charge in [0.2, 0.25) is 5.75 Å². The van der Waals surface area contributed by atoms with Crippen molar-refractivity contribution >= 4 is 58.0 Å². The summed E-state index contributed by atoms with van der Waals surface area (Å²) in [6.07, 6.45) is 7.08. The Morgan fingerprint density at radius 2 is 1.51 bits per heavy atom. The molecule has 2 aromatic carbocycles. The number of halogens is 6. The maximum Gasteiger partial charge on any atom is 0.320 e. The van der Waals surface area contributed by atoms with E-state index in [0.29, 0.717) is 73.7 Å². The first-order chi connectivity index (χ1) is 30.2. The number of nitrogen functional groups attached to an aromatic ring is 2. The number of nitrogens with one attached hydrogen (secondary N) is 2. The number of aliphatic hydroxyl groups is 1. The number of benzene rings is 2. The van der Waals surface area contributed by atoms with Crippen LogP contribution in [0, 0.1) is 0 Å². The molecule has 5 unspecified atom stereocenters. The van der Waals surface area contributed by atoms with Gasteiger partial charge in [-0.1, -0.05) is 58.5 Å². The van der Waals surface area contributed by atoms with E-state index in [1.54, 1.807) is 60.2 Å². The quantitative estimate of drug-likeness (QED) is 0.0707. The number of hydrogen-bond donors (Lipinski definition) is 5. The lowest BCUT2D eigenvalue weighted by Gasteiger charge is -2.23. The van der Waals surface area contributed by atoms with Gasteiger partial charge in [0.1, 0.15) is 24.1 Å². The van der Waals surface area contributed by atoms with Crippen LogP contribution < -0.4 is 36.1 Å². The average Bonchev–Trinajstić information content (AvgIpc) is 4.01. The van der Waals surface area contributed by atoms with Crippen molar-refractivity contribution in [1.82, 2.24) is 25.6 Å². The molecule has 0 spiro atoms. The number of hydrogen-bond acceptors (Lipinski definition) is 10. The summed E-state index contributed by atoms with van der Waals surface area (Å²) in [5, 5.41) is 17.4. The Morgan fingerprint density at radius 3 is 2.21 bits per heavy atom. The molecule has 2 aliphatic rings. The first-order valence-corrected chi connectivity index (χ1v) is 22.0. The number of rotatable bonds is 13. The third-order valence-electron chi connectivity index (χ3n) is 11.6. The monoisotopic (exact) mass is 935 g/mol. The minimum absolute atomic E-state index is 0.0341. The fourth-order valence-corrected chi connectivity index (χ4v) is 9.10. The molecule has 4 aromatic heterocycles. The molecule has 2 saturated heterocycles. The van der Waals surface area contributed by atoms with E-state index in [4.69, 9.17) is 72.3 Å². The molecule has 11 nitrogen and oxygen atoms in total. The van der Waals surface area contributed by atoms with Crippen molar-refractivity contribution in [3.63, 3.8) is 0 Å². The Morgan fingerprint density at radius 1 is 0.810 bits per heavy atom. The summed E-state index contributed by atoms with van der Waals surface area (Å²) >= 11 is 27.0. The van der Waals surface area contributed by atoms with Crippen LogP contribution in [0.2, 0.25) is 20.1 Å². The molecule has 8 rings (SSSR count). The van der Waals surface area contributed by atoms with Gasteiger partial charge in [0.25, 0.3) is 0 Å². The van der Waals surface area contributed by atoms with E-state index in [1.807, 2.05) is 31.3 Å². The zero-order chi connectivity index (χ0) is 44.6. The highest BCUT2D eigenvalue weighted by Crippen LogP contribution is 2.40. The fourth-order valence-electron chi connectivity index (χ4n) is 8.07. The van der Waals surface area contributed by atoms with Gasteiger partial charge in [-0.15, -0.1) is 0 Å². The first kappa shape index (κ1) is 44.7. The number of aliphatic hydroxyl groups excluding tert-OH is 1. The van der Waals surface area contributed by atoms with Gasteiger partial charge in [0, 0.05) is 103 Å². The normalized spacial score (nSPS) is 18.7. The zero-order valence-corrected chi connectivity index (χ0v) is 37.3. The fraction of sp³-hybridized carbons (Fsp3) is 0.304. The van der Waals surface area contributed by atoms with Crippen LogP contribution in [-0.2, 0) is 5.92 Å². The van der Waals surface area contributed by atoms with Gasteiger partial charge in [-0.2, -0.15) is 13.3 Å². The predicted octanol–water partition coefficient (Wildman–Crippen LogP) is 9.82. The summed E-state index contributed by atoms with van der Waals surface area (Å²) in [7, 11) is 0. The maximum absolute atomic E-state index is 15.1. The lowest BCUT2D eigenvalue weighted by Crippen LogP contribution is -2.39. The molecular formula is C46H45Cl4F2N8O3+. The van der Waals surface area contributed by atoms with Gasteiger partial charge in [0.05, 0.1) is 17.7 Å². The molecule has 6 heterocycles. The van der Waals surface area contributed by atoms with Crippen LogP contribution in [-0.4, -0.2) is 51.8 Å². The van der Waals surface area contributed by atoms with Crippen molar-refractivity contribution in [1.29, 1.82) is 0 Å². The molecule has 63 heavy (non-hydrogen) atoms. The summed E-state index contributed by atoms with van der Waals surface area (Å²) in [6.45, 7) is 4.97. The Hall–Kier alpha value is -4.86. The van der Waals surface area contributed by atoms with Crippen LogP contribution in [0.3, 0.4) is 0 Å². The Balaban J connectivity index is 1.12. The lowest BCUT2D eigenvalue weighted by atomic mass is 10.00. The summed E-state index contributed by atoms with van der Waals surface area (Å²) in [4.78, 5) is 13.3. The average molecular weight is 938 g/mol. The highest BCUT2D eigenvalue weighted by molar-refractivity contribution is 6.35. The number of pyridine rings is 4. The van der Waals surface area contributed by atoms with Crippen LogP contribution in [0.1, 0.15) is 73.8 Å². The van der Waals surface area contributed by atoms with Crippen LogP contribution in [0.5, 0.6) is 11.5 Å². The highest BCUT2D eigenvalue weighted by atomic mass is 35.5. The van der Waals surface area contributed by atoms with Gasteiger partial charge in [-0.3, -0.25) is 15.7 Å². The molecule has 5 atom stereocenters. The standard InChI is InChI=1S/C46H44Cl4F2N8O3/c1-24(34-15-31(47)7-8-36(34)49)63-40-14-30(27-5-9-37(57-18-27)29-12-33(23-61)56-21-29)22-60(45(40)54)38-17-32(48)16-35(43(38)50)25(2)62-39-13-28(20-59-44(39)53)26-6-10-42(58-19-26)46(51,52)41-4-3-11-55-41/h5-10,13-20,22,24-25,29,33,41,54-56,61H,3-4,11-12,21,23H2,1-2H3,(H2,53,59)/p+1. The van der Waals surface area contributed by atoms with Gasteiger partial charge < -0.3 is 30.9 Å². The van der Waals surface area contributed by atoms with Crippen molar-refractivity contribution < 1.29 is 27.9 Å². The number of nitrogens with two attached hydrogens (primary N) is 2. The number of anilines is 2. The molecule has 328 valence electrons. The van der Waals surface area contributed by atoms with E-state index in [2.05, 4.69) is 20.6 Å². The van der Waals surface area contributed by atoms with E-state index < -0.39 is 24.2 Å². The predicted molar refractivity (Wildman–Crippen MR) is 243 cm³/mol. The molecule has 0 amide bonds. The third-order valence-corrected chi connectivity index (χ3v) is 12.8. The molecule has 17 heteroatoms. The minimum atomic E-state index is -3.11. The molecule has 0 radical (unpaired) electrons. The molecule has 0 bridgehead atoms. The highest BCUT2D eigenvalue weighted by Gasteiger charge is 2.44. The summed E-state index contributed by atoms with van der Waals surface area (Å²) in [5.74, 6) is -2.08. The first-order valence-electron chi connectivity index (χ1n) is 20.5. The second-order valence-electron chi connectivity index (χ2n) is 15.9. The van der Waals surface area contributed by atoms with E-state index in [0.717, 1.165) is 24.2 Å². The minimum Gasteiger partial charge on any atom is -0.482 e. The summed E-state index contributed by atoms with van der Waals surface area (Å²) < 4.78 is 44.9. The van der Waals surface area contributed by atoms with Gasteiger partial charge in [-0.05, 0) is 82.1 Å². The molecule has 7 N–H and O–H groups in total. The second kappa shape index (κ2) is 18.7. The van der Waals surface area contributed by atoms with E-state index in [-0.39, 0.29) is 46.7 Å². The number of nitrogens with zero attached hydrogens (tertiary/aromatic N) is 4. The van der Waals surface area contributed by atoms with Crippen molar-refractivity contribution in [3.05, 3.63) is 134 Å². The van der Waals surface area contributed by atoms with Crippen LogP contribution in [0.4, 0.5) is 20.4 Å². The Bertz CT molecular complexity index is 2620. The van der Waals surface area contributed by atoms with Crippen molar-refractivity contribution in [3.8, 4) is 39.4 Å². The molecule has 0 aliphatic carbocycles. The molecule has 2 aliphatic heterocycles. The molecule has 6 aromatic rings. The zero-order valence-electron chi connectivity index (χ0n) is 34.3. The molecular weight excluding hydrogens is 892 g/mol. The smallest absolute Gasteiger partial charge is 0.320 e. The van der Waals surface area contributed by atoms with E-state index >= 15 is 8.78 Å². The van der Waals surface area contributed by atoms with Crippen LogP contribution in [0.15, 0.2) is 91.5 Å². The SMILES string of the molecule is CC(Oc1cc(-c2ccc(C3CNC(CO)C3)nc2)c[n+](-c2cc(Cl)cc(C(C)Oc3cc(-c4ccc(C(F)(F)C5CCCN5)nc4)cnc3N)c2Cl)c1N)c1cc(Cl)ccc1Cl. The molecule has 2 fully saturated rings. The van der Waals surface area contributed by atoms with Crippen LogP contribution in [0.25, 0.3) is 27.9 Å². The topological polar surface area (TPSA) is 157 Å². The maximum atomic E-state index is 15.1. The van der Waals surface area contributed by atoms with Crippen LogP contribution >= 0.6 is 46.4 Å². The summed E-state index contributed by atoms with van der Waals surface area (Å²) in [6, 6.07) is 18.0. The molecule has 0 saturated carbocycles. The van der Waals surface area contributed by atoms with Gasteiger partial charge in [0.15, 0.2) is 17.3 Å².